The third kappa shape index (κ3) is 8.00. The molecule has 13 nitrogen and oxygen atoms in total. The predicted molar refractivity (Wildman–Crippen MR) is 145 cm³/mol. The molecule has 9 N–H and O–H groups in total. The van der Waals surface area contributed by atoms with E-state index >= 15 is 0 Å². The van der Waals surface area contributed by atoms with Gasteiger partial charge in [-0.1, -0.05) is 0 Å². The fourth-order valence-corrected chi connectivity index (χ4v) is 5.49. The first-order chi connectivity index (χ1) is 18.0. The maximum atomic E-state index is 13.0. The van der Waals surface area contributed by atoms with E-state index in [0.29, 0.717) is 19.5 Å². The van der Waals surface area contributed by atoms with E-state index in [9.17, 15) is 23.1 Å². The van der Waals surface area contributed by atoms with Crippen LogP contribution in [0.3, 0.4) is 0 Å². The molecule has 0 spiro atoms. The lowest BCUT2D eigenvalue weighted by Gasteiger charge is -2.16. The summed E-state index contributed by atoms with van der Waals surface area (Å²) >= 11 is 0.995. The number of anilines is 2. The first-order valence-corrected chi connectivity index (χ1v) is 14.0. The van der Waals surface area contributed by atoms with Crippen LogP contribution >= 0.6 is 11.3 Å². The molecule has 0 saturated carbocycles. The van der Waals surface area contributed by atoms with E-state index in [1.54, 1.807) is 22.2 Å². The molecular formula is C23H32N8O5S2. The van der Waals surface area contributed by atoms with E-state index in [-0.39, 0.29) is 21.9 Å². The molecule has 2 heterocycles. The first kappa shape index (κ1) is 29.1. The van der Waals surface area contributed by atoms with Crippen molar-refractivity contribution in [1.29, 1.82) is 0 Å². The molecule has 0 radical (unpaired) electrons. The van der Waals surface area contributed by atoms with Crippen LogP contribution < -0.4 is 32.1 Å². The van der Waals surface area contributed by atoms with Crippen LogP contribution in [0, 0.1) is 6.92 Å². The molecule has 0 unspecified atom stereocenters. The number of carbonyl (C=O) groups is 2. The quantitative estimate of drug-likeness (QED) is 0.109. The topological polar surface area (TPSA) is 206 Å². The van der Waals surface area contributed by atoms with Gasteiger partial charge < -0.3 is 27.2 Å². The Labute approximate surface area is 224 Å². The lowest BCUT2D eigenvalue weighted by molar-refractivity contribution is -0.139. The van der Waals surface area contributed by atoms with Crippen molar-refractivity contribution in [3.8, 4) is 0 Å². The Hall–Kier alpha value is -3.50. The molecule has 206 valence electrons. The van der Waals surface area contributed by atoms with Crippen LogP contribution in [0.25, 0.3) is 0 Å². The van der Waals surface area contributed by atoms with Gasteiger partial charge in [0.05, 0.1) is 28.5 Å². The van der Waals surface area contributed by atoms with Gasteiger partial charge in [-0.2, -0.15) is 5.10 Å². The van der Waals surface area contributed by atoms with Crippen molar-refractivity contribution in [2.45, 2.75) is 43.5 Å². The molecule has 0 saturated heterocycles. The van der Waals surface area contributed by atoms with Gasteiger partial charge in [-0.05, 0) is 68.1 Å². The van der Waals surface area contributed by atoms with Crippen molar-refractivity contribution in [3.63, 3.8) is 0 Å². The molecule has 0 bridgehead atoms. The molecule has 2 aromatic heterocycles. The number of hydrogen-bond acceptors (Lipinski definition) is 10. The van der Waals surface area contributed by atoms with Gasteiger partial charge in [-0.15, -0.1) is 11.3 Å². The fraction of sp³-hybridized carbons (Fsp3) is 0.348. The molecular weight excluding hydrogens is 532 g/mol. The summed E-state index contributed by atoms with van der Waals surface area (Å²) < 4.78 is 30.2. The number of carboxylic acid groups (broad SMARTS) is 1. The van der Waals surface area contributed by atoms with E-state index in [1.807, 2.05) is 20.0 Å². The Kier molecular flexibility index (Phi) is 9.82. The monoisotopic (exact) mass is 564 g/mol. The van der Waals surface area contributed by atoms with Gasteiger partial charge in [0.15, 0.2) is 0 Å². The fourth-order valence-electron chi connectivity index (χ4n) is 3.60. The summed E-state index contributed by atoms with van der Waals surface area (Å²) in [6, 6.07) is 8.43. The minimum atomic E-state index is -4.01. The summed E-state index contributed by atoms with van der Waals surface area (Å²) in [7, 11) is -2.16. The highest BCUT2D eigenvalue weighted by atomic mass is 32.2. The largest absolute Gasteiger partial charge is 0.480 e. The van der Waals surface area contributed by atoms with Crippen molar-refractivity contribution >= 4 is 44.6 Å². The Morgan fingerprint density at radius 1 is 1.18 bits per heavy atom. The highest BCUT2D eigenvalue weighted by Crippen LogP contribution is 2.26. The molecule has 0 aliphatic heterocycles. The van der Waals surface area contributed by atoms with Gasteiger partial charge in [0.1, 0.15) is 17.2 Å². The SMILES string of the molecule is Cc1cc(CNc2ccc(S(=O)(=O)Nc3ccsc3C(=O)N[C@@H](CCCNC(N)N)C(=O)O)cc2)n(C)n1. The summed E-state index contributed by atoms with van der Waals surface area (Å²) in [4.78, 5) is 24.4. The minimum Gasteiger partial charge on any atom is -0.480 e. The van der Waals surface area contributed by atoms with Gasteiger partial charge in [-0.3, -0.25) is 19.5 Å². The number of nitrogens with two attached hydrogens (primary N) is 2. The van der Waals surface area contributed by atoms with E-state index in [2.05, 4.69) is 25.8 Å². The van der Waals surface area contributed by atoms with Crippen molar-refractivity contribution in [2.75, 3.05) is 16.6 Å². The van der Waals surface area contributed by atoms with Crippen LogP contribution in [-0.2, 0) is 28.4 Å². The number of carboxylic acids is 1. The number of nitrogens with zero attached hydrogens (tertiary/aromatic N) is 2. The number of benzene rings is 1. The molecule has 0 fully saturated rings. The van der Waals surface area contributed by atoms with Crippen molar-refractivity contribution in [2.24, 2.45) is 18.5 Å². The number of hydrogen-bond donors (Lipinski definition) is 7. The molecule has 15 heteroatoms. The highest BCUT2D eigenvalue weighted by molar-refractivity contribution is 7.92. The van der Waals surface area contributed by atoms with E-state index < -0.39 is 34.2 Å². The number of nitrogens with one attached hydrogen (secondary N) is 4. The molecule has 1 aromatic carbocycles. The van der Waals surface area contributed by atoms with Gasteiger partial charge >= 0.3 is 5.97 Å². The Morgan fingerprint density at radius 2 is 1.89 bits per heavy atom. The van der Waals surface area contributed by atoms with E-state index in [1.165, 1.54) is 18.2 Å². The van der Waals surface area contributed by atoms with Crippen LogP contribution in [0.2, 0.25) is 0 Å². The molecule has 0 aliphatic carbocycles. The lowest BCUT2D eigenvalue weighted by Crippen LogP contribution is -2.46. The number of sulfonamides is 1. The number of carbonyl (C=O) groups excluding carboxylic acids is 1. The maximum absolute atomic E-state index is 13.0. The third-order valence-electron chi connectivity index (χ3n) is 5.51. The van der Waals surface area contributed by atoms with Crippen LogP contribution in [0.1, 0.15) is 33.9 Å². The normalized spacial score (nSPS) is 12.3. The average molecular weight is 565 g/mol. The van der Waals surface area contributed by atoms with Crippen LogP contribution in [0.5, 0.6) is 0 Å². The molecule has 3 rings (SSSR count). The second-order valence-corrected chi connectivity index (χ2v) is 11.1. The number of aliphatic carboxylic acids is 1. The molecule has 1 atom stereocenters. The van der Waals surface area contributed by atoms with Crippen LogP contribution in [0.4, 0.5) is 11.4 Å². The molecule has 3 aromatic rings. The van der Waals surface area contributed by atoms with Crippen molar-refractivity contribution in [1.82, 2.24) is 20.4 Å². The highest BCUT2D eigenvalue weighted by Gasteiger charge is 2.24. The summed E-state index contributed by atoms with van der Waals surface area (Å²) in [5.41, 5.74) is 13.4. The van der Waals surface area contributed by atoms with E-state index in [0.717, 1.165) is 28.4 Å². The average Bonchev–Trinajstić information content (AvgIpc) is 3.44. The second kappa shape index (κ2) is 12.8. The van der Waals surface area contributed by atoms with Gasteiger partial charge in [-0.25, -0.2) is 13.2 Å². The van der Waals surface area contributed by atoms with E-state index in [4.69, 9.17) is 11.5 Å². The zero-order valence-corrected chi connectivity index (χ0v) is 22.6. The first-order valence-electron chi connectivity index (χ1n) is 11.7. The Bertz CT molecular complexity index is 1350. The minimum absolute atomic E-state index is 0.00556. The lowest BCUT2D eigenvalue weighted by atomic mass is 10.1. The zero-order chi connectivity index (χ0) is 27.9. The summed E-state index contributed by atoms with van der Waals surface area (Å²) in [5, 5.41) is 23.7. The zero-order valence-electron chi connectivity index (χ0n) is 21.0. The van der Waals surface area contributed by atoms with Crippen LogP contribution in [-0.4, -0.2) is 54.1 Å². The predicted octanol–water partition coefficient (Wildman–Crippen LogP) is 0.957. The molecule has 1 amide bonds. The van der Waals surface area contributed by atoms with Crippen molar-refractivity contribution in [3.05, 3.63) is 58.0 Å². The number of aromatic nitrogens is 2. The summed E-state index contributed by atoms with van der Waals surface area (Å²) in [6.45, 7) is 2.80. The maximum Gasteiger partial charge on any atom is 0.326 e. The number of amides is 1. The van der Waals surface area contributed by atoms with Crippen LogP contribution in [0.15, 0.2) is 46.7 Å². The van der Waals surface area contributed by atoms with Gasteiger partial charge in [0.25, 0.3) is 15.9 Å². The second-order valence-electron chi connectivity index (χ2n) is 8.53. The Balaban J connectivity index is 1.62. The smallest absolute Gasteiger partial charge is 0.326 e. The standard InChI is InChI=1S/C23H32N8O5S2/c1-14-12-16(31(2)29-14)13-27-15-5-7-17(8-6-15)38(35,36)30-18-9-11-37-20(18)21(32)28-19(22(33)34)4-3-10-26-23(24)25/h5-9,11-12,19,23,26-27,30H,3-4,10,13,24-25H2,1-2H3,(H,28,32)(H,33,34)/t19-/m0/s1. The van der Waals surface area contributed by atoms with Gasteiger partial charge in [0, 0.05) is 12.7 Å². The number of thiophene rings is 1. The Morgan fingerprint density at radius 3 is 2.50 bits per heavy atom. The molecule has 0 aliphatic rings. The third-order valence-corrected chi connectivity index (χ3v) is 7.80. The number of aryl methyl sites for hydroxylation is 2. The van der Waals surface area contributed by atoms with Crippen molar-refractivity contribution < 1.29 is 23.1 Å². The summed E-state index contributed by atoms with van der Waals surface area (Å²) in [6.07, 6.45) is -0.190. The molecule has 38 heavy (non-hydrogen) atoms. The van der Waals surface area contributed by atoms with Gasteiger partial charge in [0.2, 0.25) is 0 Å². The summed E-state index contributed by atoms with van der Waals surface area (Å²) in [5.74, 6) is -1.90. The number of rotatable bonds is 14.